The molecule has 4 aliphatic rings. The first-order valence-corrected chi connectivity index (χ1v) is 18.7. The number of halogens is 4. The maximum absolute atomic E-state index is 14.1. The standard InChI is InChI=1S/C38H27ClF3N3O5S2/c39-20-9-11-26(50-16-27(46)43-21-10-8-17-4-1-2-5-18(17)12-21)23(14-20)28-29-24-15-25(32(29)51-34-33(28)52-37(49)44-34)31-30(24)35(47)45(36(31)48)22-7-3-6-19(13-22)38(40,41)42/h1-14,24-25,28-32H,15-16H2,(H,43,46)(H,44,49)/t24-,25-,28-,29?,30?,31?,32?/m1/s1. The number of carbonyl (C=O) groups excluding carboxylic acids is 3. The van der Waals surface area contributed by atoms with Crippen LogP contribution in [0.2, 0.25) is 5.02 Å². The van der Waals surface area contributed by atoms with Crippen molar-refractivity contribution in [3.8, 4) is 5.75 Å². The van der Waals surface area contributed by atoms with Gasteiger partial charge >= 0.3 is 11.0 Å². The SMILES string of the molecule is O=C(COc1ccc(Cl)cc1[C@H]1c2sc(=O)[nH]c2SC2C1[C@H]1C[C@@H]2C2C(=O)N(c3cccc(C(F)(F)F)c3)C(=O)C21)Nc1ccc2ccccc2c1. The minimum absolute atomic E-state index is 0.0956. The molecule has 5 aromatic rings. The number of H-pyrrole nitrogens is 1. The second kappa shape index (κ2) is 12.2. The molecule has 1 aromatic heterocycles. The molecule has 0 radical (unpaired) electrons. The fourth-order valence-corrected chi connectivity index (χ4v) is 12.0. The molecule has 2 bridgehead atoms. The minimum atomic E-state index is -4.64. The van der Waals surface area contributed by atoms with Gasteiger partial charge in [-0.3, -0.25) is 24.1 Å². The molecular formula is C38H27ClF3N3O5S2. The first-order chi connectivity index (χ1) is 25.0. The molecule has 2 saturated carbocycles. The first kappa shape index (κ1) is 33.3. The number of fused-ring (bicyclic) bond motifs is 10. The van der Waals surface area contributed by atoms with Crippen LogP contribution in [-0.4, -0.2) is 34.6 Å². The lowest BCUT2D eigenvalue weighted by Gasteiger charge is -2.43. The van der Waals surface area contributed by atoms with Crippen LogP contribution in [0.3, 0.4) is 0 Å². The maximum atomic E-state index is 14.1. The summed E-state index contributed by atoms with van der Waals surface area (Å²) in [6, 6.07) is 22.8. The van der Waals surface area contributed by atoms with Crippen molar-refractivity contribution >= 4 is 74.6 Å². The highest BCUT2D eigenvalue weighted by Gasteiger charge is 2.70. The number of carbonyl (C=O) groups is 3. The topological polar surface area (TPSA) is 109 Å². The maximum Gasteiger partial charge on any atom is 0.416 e. The molecule has 14 heteroatoms. The Bertz CT molecular complexity index is 2380. The van der Waals surface area contributed by atoms with Crippen molar-refractivity contribution in [2.24, 2.45) is 29.6 Å². The molecule has 3 fully saturated rings. The van der Waals surface area contributed by atoms with Gasteiger partial charge in [0.2, 0.25) is 11.8 Å². The molecule has 264 valence electrons. The number of ether oxygens (including phenoxy) is 1. The number of alkyl halides is 3. The number of nitrogens with zero attached hydrogens (tertiary/aromatic N) is 1. The third-order valence-corrected chi connectivity index (χ3v) is 13.7. The lowest BCUT2D eigenvalue weighted by atomic mass is 9.68. The summed E-state index contributed by atoms with van der Waals surface area (Å²) in [5.74, 6) is -3.69. The van der Waals surface area contributed by atoms with Gasteiger partial charge in [0, 0.05) is 32.3 Å². The number of aromatic nitrogens is 1. The lowest BCUT2D eigenvalue weighted by Crippen LogP contribution is -2.42. The molecule has 7 atom stereocenters. The summed E-state index contributed by atoms with van der Waals surface area (Å²) in [5, 5.41) is 5.78. The van der Waals surface area contributed by atoms with Crippen molar-refractivity contribution in [3.63, 3.8) is 0 Å². The normalized spacial score (nSPS) is 26.0. The second-order valence-electron chi connectivity index (χ2n) is 13.6. The monoisotopic (exact) mass is 761 g/mol. The van der Waals surface area contributed by atoms with Gasteiger partial charge in [-0.15, -0.1) is 11.8 Å². The fraction of sp³-hybridized carbons (Fsp3) is 0.263. The Morgan fingerprint density at radius 3 is 2.48 bits per heavy atom. The number of benzene rings is 4. The molecule has 1 saturated heterocycles. The van der Waals surface area contributed by atoms with Crippen LogP contribution in [0.25, 0.3) is 10.8 Å². The van der Waals surface area contributed by atoms with Crippen LogP contribution in [0.1, 0.15) is 28.3 Å². The summed E-state index contributed by atoms with van der Waals surface area (Å²) >= 11 is 9.12. The van der Waals surface area contributed by atoms with Crippen molar-refractivity contribution in [2.75, 3.05) is 16.8 Å². The fourth-order valence-electron chi connectivity index (χ4n) is 8.94. The van der Waals surface area contributed by atoms with Gasteiger partial charge < -0.3 is 15.0 Å². The van der Waals surface area contributed by atoms with Crippen LogP contribution in [0.4, 0.5) is 24.5 Å². The van der Waals surface area contributed by atoms with E-state index in [0.29, 0.717) is 33.5 Å². The Balaban J connectivity index is 1.04. The van der Waals surface area contributed by atoms with E-state index in [1.807, 2.05) is 42.5 Å². The van der Waals surface area contributed by atoms with Gasteiger partial charge in [0.15, 0.2) is 6.61 Å². The van der Waals surface area contributed by atoms with Crippen molar-refractivity contribution in [1.29, 1.82) is 0 Å². The van der Waals surface area contributed by atoms with E-state index < -0.39 is 41.3 Å². The van der Waals surface area contributed by atoms with Crippen molar-refractivity contribution in [3.05, 3.63) is 116 Å². The van der Waals surface area contributed by atoms with E-state index in [4.69, 9.17) is 16.3 Å². The lowest BCUT2D eigenvalue weighted by molar-refractivity contribution is -0.137. The zero-order valence-electron chi connectivity index (χ0n) is 26.9. The first-order valence-electron chi connectivity index (χ1n) is 16.6. The van der Waals surface area contributed by atoms with E-state index in [0.717, 1.165) is 44.0 Å². The minimum Gasteiger partial charge on any atom is -0.483 e. The summed E-state index contributed by atoms with van der Waals surface area (Å²) < 4.78 is 47.0. The summed E-state index contributed by atoms with van der Waals surface area (Å²) in [7, 11) is 0. The zero-order valence-corrected chi connectivity index (χ0v) is 29.2. The van der Waals surface area contributed by atoms with Crippen LogP contribution in [0.5, 0.6) is 5.75 Å². The zero-order chi connectivity index (χ0) is 36.1. The Kier molecular flexibility index (Phi) is 7.83. The van der Waals surface area contributed by atoms with E-state index in [9.17, 15) is 32.3 Å². The van der Waals surface area contributed by atoms with Crippen LogP contribution in [0, 0.1) is 29.6 Å². The highest BCUT2D eigenvalue weighted by molar-refractivity contribution is 8.00. The van der Waals surface area contributed by atoms with Gasteiger partial charge in [-0.25, -0.2) is 0 Å². The number of rotatable bonds is 6. The Morgan fingerprint density at radius 1 is 0.923 bits per heavy atom. The number of thiazole rings is 1. The predicted octanol–water partition coefficient (Wildman–Crippen LogP) is 7.96. The smallest absolute Gasteiger partial charge is 0.416 e. The third kappa shape index (κ3) is 5.35. The largest absolute Gasteiger partial charge is 0.483 e. The number of hydrogen-bond donors (Lipinski definition) is 2. The molecule has 0 spiro atoms. The Labute approximate surface area is 307 Å². The summed E-state index contributed by atoms with van der Waals surface area (Å²) in [6.45, 7) is -0.317. The van der Waals surface area contributed by atoms with Gasteiger partial charge in [-0.1, -0.05) is 59.3 Å². The number of imide groups is 1. The van der Waals surface area contributed by atoms with E-state index >= 15 is 0 Å². The molecule has 3 amide bonds. The highest BCUT2D eigenvalue weighted by atomic mass is 35.5. The molecule has 4 aromatic carbocycles. The van der Waals surface area contributed by atoms with Crippen molar-refractivity contribution in [2.45, 2.75) is 28.8 Å². The number of aromatic amines is 1. The number of nitrogens with one attached hydrogen (secondary N) is 2. The van der Waals surface area contributed by atoms with E-state index in [-0.39, 0.29) is 46.1 Å². The van der Waals surface area contributed by atoms with Crippen molar-refractivity contribution in [1.82, 2.24) is 4.98 Å². The quantitative estimate of drug-likeness (QED) is 0.170. The molecule has 4 unspecified atom stereocenters. The van der Waals surface area contributed by atoms with Crippen LogP contribution in [0.15, 0.2) is 94.7 Å². The van der Waals surface area contributed by atoms with Gasteiger partial charge in [0.05, 0.1) is 28.1 Å². The summed E-state index contributed by atoms with van der Waals surface area (Å²) in [4.78, 5) is 58.4. The third-order valence-electron chi connectivity index (χ3n) is 10.9. The van der Waals surface area contributed by atoms with Crippen molar-refractivity contribution < 1.29 is 32.3 Å². The number of amides is 3. The molecule has 2 N–H and O–H groups in total. The summed E-state index contributed by atoms with van der Waals surface area (Å²) in [6.07, 6.45) is -4.07. The molecule has 52 heavy (non-hydrogen) atoms. The molecule has 3 heterocycles. The second-order valence-corrected chi connectivity index (χ2v) is 16.2. The number of thioether (sulfide) groups is 1. The Morgan fingerprint density at radius 2 is 1.69 bits per heavy atom. The Hall–Kier alpha value is -4.59. The van der Waals surface area contributed by atoms with Gasteiger partial charge in [0.1, 0.15) is 5.75 Å². The summed E-state index contributed by atoms with van der Waals surface area (Å²) in [5.41, 5.74) is 0.224. The molecule has 8 nitrogen and oxygen atoms in total. The van der Waals surface area contributed by atoms with E-state index in [1.54, 1.807) is 18.2 Å². The average Bonchev–Trinajstić information content (AvgIpc) is 3.86. The van der Waals surface area contributed by atoms with E-state index in [2.05, 4.69) is 10.3 Å². The highest BCUT2D eigenvalue weighted by Crippen LogP contribution is 2.69. The van der Waals surface area contributed by atoms with Crippen LogP contribution >= 0.6 is 34.7 Å². The van der Waals surface area contributed by atoms with Gasteiger partial charge in [0.25, 0.3) is 5.91 Å². The average molecular weight is 762 g/mol. The van der Waals surface area contributed by atoms with Gasteiger partial charge in [-0.05, 0) is 83.5 Å². The number of hydrogen-bond acceptors (Lipinski definition) is 7. The van der Waals surface area contributed by atoms with Gasteiger partial charge in [-0.2, -0.15) is 13.2 Å². The molecular weight excluding hydrogens is 735 g/mol. The molecule has 9 rings (SSSR count). The van der Waals surface area contributed by atoms with E-state index in [1.165, 1.54) is 23.9 Å². The van der Waals surface area contributed by atoms with Crippen LogP contribution < -0.4 is 19.8 Å². The molecule has 2 aliphatic carbocycles. The predicted molar refractivity (Wildman–Crippen MR) is 192 cm³/mol. The number of anilines is 2. The van der Waals surface area contributed by atoms with Crippen LogP contribution in [-0.2, 0) is 20.6 Å². The molecule has 2 aliphatic heterocycles.